The van der Waals surface area contributed by atoms with Crippen molar-refractivity contribution in [1.29, 1.82) is 0 Å². The van der Waals surface area contributed by atoms with E-state index in [1.54, 1.807) is 67.6 Å². The van der Waals surface area contributed by atoms with E-state index in [0.29, 0.717) is 5.56 Å². The Labute approximate surface area is 169 Å². The average molecular weight is 404 g/mol. The van der Waals surface area contributed by atoms with Crippen LogP contribution in [0, 0.1) is 11.3 Å². The van der Waals surface area contributed by atoms with Crippen LogP contribution in [-0.2, 0) is 9.47 Å². The SMILES string of the molecule is CCC(F)(F)C(C)(COC(=O)c1ccccc1)[C@H](C)COC(=O)c1ccccc1. The van der Waals surface area contributed by atoms with Gasteiger partial charge in [0.15, 0.2) is 0 Å². The molecule has 0 aliphatic rings. The van der Waals surface area contributed by atoms with E-state index in [2.05, 4.69) is 0 Å². The van der Waals surface area contributed by atoms with Gasteiger partial charge in [0, 0.05) is 12.3 Å². The van der Waals surface area contributed by atoms with Gasteiger partial charge in [0.05, 0.1) is 23.1 Å². The van der Waals surface area contributed by atoms with Crippen LogP contribution in [0.2, 0.25) is 0 Å². The van der Waals surface area contributed by atoms with Gasteiger partial charge in [-0.25, -0.2) is 18.4 Å². The van der Waals surface area contributed by atoms with Crippen LogP contribution in [0.15, 0.2) is 60.7 Å². The molecule has 0 bridgehead atoms. The highest BCUT2D eigenvalue weighted by molar-refractivity contribution is 5.89. The second-order valence-electron chi connectivity index (χ2n) is 7.28. The number of esters is 2. The Morgan fingerprint density at radius 3 is 1.79 bits per heavy atom. The van der Waals surface area contributed by atoms with Crippen LogP contribution >= 0.6 is 0 Å². The first kappa shape index (κ1) is 22.5. The summed E-state index contributed by atoms with van der Waals surface area (Å²) in [6.45, 7) is 3.59. The van der Waals surface area contributed by atoms with E-state index in [0.717, 1.165) is 0 Å². The Hall–Kier alpha value is -2.76. The molecule has 2 rings (SSSR count). The van der Waals surface area contributed by atoms with Gasteiger partial charge in [0.25, 0.3) is 5.92 Å². The largest absolute Gasteiger partial charge is 0.462 e. The van der Waals surface area contributed by atoms with E-state index in [-0.39, 0.29) is 12.2 Å². The number of hydrogen-bond acceptors (Lipinski definition) is 4. The molecule has 0 aliphatic heterocycles. The van der Waals surface area contributed by atoms with Gasteiger partial charge in [-0.05, 0) is 24.3 Å². The van der Waals surface area contributed by atoms with Crippen LogP contribution < -0.4 is 0 Å². The van der Waals surface area contributed by atoms with Gasteiger partial charge in [-0.15, -0.1) is 0 Å². The fourth-order valence-electron chi connectivity index (χ4n) is 2.93. The molecule has 1 unspecified atom stereocenters. The number of halogens is 2. The molecule has 29 heavy (non-hydrogen) atoms. The van der Waals surface area contributed by atoms with Gasteiger partial charge in [0.2, 0.25) is 0 Å². The zero-order chi connectivity index (χ0) is 21.5. The Kier molecular flexibility index (Phi) is 7.48. The van der Waals surface area contributed by atoms with Crippen molar-refractivity contribution >= 4 is 11.9 Å². The molecule has 156 valence electrons. The van der Waals surface area contributed by atoms with Crippen molar-refractivity contribution in [3.8, 4) is 0 Å². The molecule has 0 saturated heterocycles. The topological polar surface area (TPSA) is 52.6 Å². The summed E-state index contributed by atoms with van der Waals surface area (Å²) >= 11 is 0. The maximum atomic E-state index is 14.8. The summed E-state index contributed by atoms with van der Waals surface area (Å²) in [6, 6.07) is 16.5. The van der Waals surface area contributed by atoms with Crippen LogP contribution in [0.1, 0.15) is 47.9 Å². The molecule has 0 aliphatic carbocycles. The van der Waals surface area contributed by atoms with Gasteiger partial charge < -0.3 is 9.47 Å². The van der Waals surface area contributed by atoms with E-state index in [4.69, 9.17) is 9.47 Å². The first-order chi connectivity index (χ1) is 13.7. The van der Waals surface area contributed by atoms with Crippen molar-refractivity contribution in [3.05, 3.63) is 71.8 Å². The Morgan fingerprint density at radius 2 is 1.34 bits per heavy atom. The number of alkyl halides is 2. The second-order valence-corrected chi connectivity index (χ2v) is 7.28. The van der Waals surface area contributed by atoms with Crippen molar-refractivity contribution in [3.63, 3.8) is 0 Å². The lowest BCUT2D eigenvalue weighted by atomic mass is 9.72. The van der Waals surface area contributed by atoms with Crippen LogP contribution in [0.25, 0.3) is 0 Å². The molecule has 0 amide bonds. The van der Waals surface area contributed by atoms with Gasteiger partial charge in [0.1, 0.15) is 6.61 Å². The van der Waals surface area contributed by atoms with E-state index in [1.807, 2.05) is 0 Å². The van der Waals surface area contributed by atoms with E-state index in [1.165, 1.54) is 13.8 Å². The molecule has 2 aromatic rings. The first-order valence-electron chi connectivity index (χ1n) is 9.53. The number of ether oxygens (including phenoxy) is 2. The van der Waals surface area contributed by atoms with E-state index in [9.17, 15) is 18.4 Å². The summed E-state index contributed by atoms with van der Waals surface area (Å²) in [4.78, 5) is 24.4. The fraction of sp³-hybridized carbons (Fsp3) is 0.391. The van der Waals surface area contributed by atoms with Crippen molar-refractivity contribution in [2.45, 2.75) is 33.1 Å². The van der Waals surface area contributed by atoms with Crippen LogP contribution in [0.3, 0.4) is 0 Å². The van der Waals surface area contributed by atoms with Gasteiger partial charge >= 0.3 is 11.9 Å². The molecule has 0 spiro atoms. The predicted octanol–water partition coefficient (Wildman–Crippen LogP) is 5.39. The zero-order valence-electron chi connectivity index (χ0n) is 16.9. The highest BCUT2D eigenvalue weighted by Gasteiger charge is 2.53. The predicted molar refractivity (Wildman–Crippen MR) is 106 cm³/mol. The van der Waals surface area contributed by atoms with Crippen molar-refractivity contribution in [2.24, 2.45) is 11.3 Å². The van der Waals surface area contributed by atoms with Crippen molar-refractivity contribution in [2.75, 3.05) is 13.2 Å². The normalized spacial score (nSPS) is 14.5. The van der Waals surface area contributed by atoms with Gasteiger partial charge in [-0.2, -0.15) is 0 Å². The number of rotatable bonds is 9. The monoisotopic (exact) mass is 404 g/mol. The van der Waals surface area contributed by atoms with Crippen LogP contribution in [-0.4, -0.2) is 31.1 Å². The Bertz CT molecular complexity index is 808. The van der Waals surface area contributed by atoms with E-state index < -0.39 is 42.2 Å². The summed E-state index contributed by atoms with van der Waals surface area (Å²) in [6.07, 6.45) is -0.427. The maximum absolute atomic E-state index is 14.8. The smallest absolute Gasteiger partial charge is 0.338 e. The van der Waals surface area contributed by atoms with Gasteiger partial charge in [-0.1, -0.05) is 57.2 Å². The highest BCUT2D eigenvalue weighted by Crippen LogP contribution is 2.45. The third-order valence-electron chi connectivity index (χ3n) is 5.35. The molecule has 2 atom stereocenters. The number of carbonyl (C=O) groups excluding carboxylic acids is 2. The third kappa shape index (κ3) is 5.40. The molecule has 0 heterocycles. The Balaban J connectivity index is 2.09. The van der Waals surface area contributed by atoms with E-state index >= 15 is 0 Å². The lowest BCUT2D eigenvalue weighted by molar-refractivity contribution is -0.168. The summed E-state index contributed by atoms with van der Waals surface area (Å²) in [5.41, 5.74) is -1.07. The van der Waals surface area contributed by atoms with Crippen molar-refractivity contribution in [1.82, 2.24) is 0 Å². The molecule has 2 aromatic carbocycles. The zero-order valence-corrected chi connectivity index (χ0v) is 16.9. The molecular weight excluding hydrogens is 378 g/mol. The van der Waals surface area contributed by atoms with Gasteiger partial charge in [-0.3, -0.25) is 0 Å². The number of benzene rings is 2. The molecule has 4 nitrogen and oxygen atoms in total. The Morgan fingerprint density at radius 1 is 0.897 bits per heavy atom. The van der Waals surface area contributed by atoms with Crippen LogP contribution in [0.4, 0.5) is 8.78 Å². The minimum Gasteiger partial charge on any atom is -0.462 e. The minimum absolute atomic E-state index is 0.220. The molecule has 0 N–H and O–H groups in total. The first-order valence-corrected chi connectivity index (χ1v) is 9.53. The summed E-state index contributed by atoms with van der Waals surface area (Å²) in [7, 11) is 0. The molecule has 0 radical (unpaired) electrons. The average Bonchev–Trinajstić information content (AvgIpc) is 2.76. The summed E-state index contributed by atoms with van der Waals surface area (Å²) < 4.78 is 40.1. The molecular formula is C23H26F2O4. The second kappa shape index (κ2) is 9.63. The minimum atomic E-state index is -3.12. The molecule has 6 heteroatoms. The van der Waals surface area contributed by atoms with Crippen molar-refractivity contribution < 1.29 is 27.8 Å². The molecule has 0 fully saturated rings. The maximum Gasteiger partial charge on any atom is 0.338 e. The lowest BCUT2D eigenvalue weighted by Crippen LogP contribution is -2.49. The molecule has 0 aromatic heterocycles. The third-order valence-corrected chi connectivity index (χ3v) is 5.35. The number of carbonyl (C=O) groups is 2. The summed E-state index contributed by atoms with van der Waals surface area (Å²) in [5, 5.41) is 0. The number of hydrogen-bond donors (Lipinski definition) is 0. The standard InChI is InChI=1S/C23H26F2O4/c1-4-23(24,25)22(3,16-29-21(27)19-13-9-6-10-14-19)17(2)15-28-20(26)18-11-7-5-8-12-18/h5-14,17H,4,15-16H2,1-3H3/t17-,22?/m1/s1. The fourth-order valence-corrected chi connectivity index (χ4v) is 2.93. The summed E-state index contributed by atoms with van der Waals surface area (Å²) in [5.74, 6) is -5.13. The highest BCUT2D eigenvalue weighted by atomic mass is 19.3. The lowest BCUT2D eigenvalue weighted by Gasteiger charge is -2.40. The van der Waals surface area contributed by atoms with Crippen LogP contribution in [0.5, 0.6) is 0 Å². The quantitative estimate of drug-likeness (QED) is 0.526. The molecule has 0 saturated carbocycles.